The minimum atomic E-state index is -0.935. The van der Waals surface area contributed by atoms with Crippen LogP contribution in [-0.4, -0.2) is 34.1 Å². The SMILES string of the molecule is CC(C)(C)N(CCC(=O)O)C(=O)Nc1cccc(Cl)c1. The Morgan fingerprint density at radius 1 is 1.35 bits per heavy atom. The van der Waals surface area contributed by atoms with Crippen LogP contribution >= 0.6 is 11.6 Å². The van der Waals surface area contributed by atoms with Gasteiger partial charge in [-0.2, -0.15) is 0 Å². The molecule has 0 heterocycles. The number of rotatable bonds is 4. The normalized spacial score (nSPS) is 11.0. The Bertz CT molecular complexity index is 497. The number of amides is 2. The van der Waals surface area contributed by atoms with Crippen molar-refractivity contribution in [3.63, 3.8) is 0 Å². The van der Waals surface area contributed by atoms with Gasteiger partial charge >= 0.3 is 12.0 Å². The molecule has 0 fully saturated rings. The van der Waals surface area contributed by atoms with Gasteiger partial charge in [0.05, 0.1) is 6.42 Å². The Kier molecular flexibility index (Phi) is 5.39. The van der Waals surface area contributed by atoms with Crippen LogP contribution in [0.4, 0.5) is 10.5 Å². The monoisotopic (exact) mass is 298 g/mol. The Labute approximate surface area is 123 Å². The molecule has 0 aliphatic rings. The summed E-state index contributed by atoms with van der Waals surface area (Å²) in [6.07, 6.45) is -0.0970. The van der Waals surface area contributed by atoms with Crippen LogP contribution in [0.3, 0.4) is 0 Å². The number of aliphatic carboxylic acids is 1. The first-order valence-electron chi connectivity index (χ1n) is 6.26. The largest absolute Gasteiger partial charge is 0.481 e. The van der Waals surface area contributed by atoms with E-state index in [1.807, 2.05) is 20.8 Å². The van der Waals surface area contributed by atoms with Gasteiger partial charge in [0.25, 0.3) is 0 Å². The average Bonchev–Trinajstić information content (AvgIpc) is 2.26. The van der Waals surface area contributed by atoms with Gasteiger partial charge in [0.15, 0.2) is 0 Å². The van der Waals surface area contributed by atoms with Crippen LogP contribution in [0.1, 0.15) is 27.2 Å². The van der Waals surface area contributed by atoms with Crippen molar-refractivity contribution in [3.8, 4) is 0 Å². The van der Waals surface area contributed by atoms with Crippen LogP contribution in [0, 0.1) is 0 Å². The molecule has 0 radical (unpaired) electrons. The van der Waals surface area contributed by atoms with E-state index in [1.165, 1.54) is 4.90 Å². The maximum atomic E-state index is 12.3. The Balaban J connectivity index is 2.80. The summed E-state index contributed by atoms with van der Waals surface area (Å²) in [4.78, 5) is 24.4. The van der Waals surface area contributed by atoms with E-state index in [0.29, 0.717) is 10.7 Å². The summed E-state index contributed by atoms with van der Waals surface area (Å²) < 4.78 is 0. The van der Waals surface area contributed by atoms with Crippen LogP contribution in [0.5, 0.6) is 0 Å². The van der Waals surface area contributed by atoms with Crippen molar-refractivity contribution in [2.75, 3.05) is 11.9 Å². The van der Waals surface area contributed by atoms with Gasteiger partial charge in [0.1, 0.15) is 0 Å². The molecule has 0 saturated heterocycles. The number of carbonyl (C=O) groups is 2. The number of anilines is 1. The van der Waals surface area contributed by atoms with E-state index in [4.69, 9.17) is 16.7 Å². The summed E-state index contributed by atoms with van der Waals surface area (Å²) in [5.74, 6) is -0.935. The third-order valence-corrected chi connectivity index (χ3v) is 2.92. The quantitative estimate of drug-likeness (QED) is 0.894. The molecule has 110 valence electrons. The second-order valence-electron chi connectivity index (χ2n) is 5.41. The summed E-state index contributed by atoms with van der Waals surface area (Å²) in [5.41, 5.74) is 0.102. The van der Waals surface area contributed by atoms with E-state index in [-0.39, 0.29) is 19.0 Å². The number of benzene rings is 1. The number of nitrogens with one attached hydrogen (secondary N) is 1. The summed E-state index contributed by atoms with van der Waals surface area (Å²) in [6, 6.07) is 6.46. The molecule has 0 aliphatic carbocycles. The van der Waals surface area contributed by atoms with Gasteiger partial charge in [0, 0.05) is 22.8 Å². The predicted molar refractivity (Wildman–Crippen MR) is 79.2 cm³/mol. The average molecular weight is 299 g/mol. The van der Waals surface area contributed by atoms with Crippen LogP contribution in [0.2, 0.25) is 5.02 Å². The third kappa shape index (κ3) is 5.09. The number of carboxylic acids is 1. The summed E-state index contributed by atoms with van der Waals surface area (Å²) >= 11 is 5.86. The lowest BCUT2D eigenvalue weighted by Gasteiger charge is -2.35. The standard InChI is InChI=1S/C14H19ClN2O3/c1-14(2,3)17(8-7-12(18)19)13(20)16-11-6-4-5-10(15)9-11/h4-6,9H,7-8H2,1-3H3,(H,16,20)(H,18,19). The maximum absolute atomic E-state index is 12.3. The second-order valence-corrected chi connectivity index (χ2v) is 5.84. The van der Waals surface area contributed by atoms with Gasteiger partial charge in [-0.25, -0.2) is 4.79 Å². The minimum Gasteiger partial charge on any atom is -0.481 e. The molecular formula is C14H19ClN2O3. The molecule has 2 N–H and O–H groups in total. The first kappa shape index (κ1) is 16.3. The Morgan fingerprint density at radius 2 is 2.00 bits per heavy atom. The molecule has 1 aromatic rings. The lowest BCUT2D eigenvalue weighted by Crippen LogP contribution is -2.48. The molecule has 20 heavy (non-hydrogen) atoms. The van der Waals surface area contributed by atoms with E-state index in [0.717, 1.165) is 0 Å². The van der Waals surface area contributed by atoms with Crippen LogP contribution in [0.25, 0.3) is 0 Å². The highest BCUT2D eigenvalue weighted by Crippen LogP contribution is 2.19. The van der Waals surface area contributed by atoms with Crippen molar-refractivity contribution in [2.45, 2.75) is 32.7 Å². The second kappa shape index (κ2) is 6.61. The molecule has 0 spiro atoms. The van der Waals surface area contributed by atoms with E-state index < -0.39 is 11.5 Å². The molecule has 1 aromatic carbocycles. The van der Waals surface area contributed by atoms with Gasteiger partial charge in [-0.1, -0.05) is 17.7 Å². The number of hydrogen-bond acceptors (Lipinski definition) is 2. The molecule has 2 amide bonds. The lowest BCUT2D eigenvalue weighted by molar-refractivity contribution is -0.137. The summed E-state index contributed by atoms with van der Waals surface area (Å²) in [5, 5.41) is 12.0. The van der Waals surface area contributed by atoms with Gasteiger partial charge in [-0.15, -0.1) is 0 Å². The van der Waals surface area contributed by atoms with Crippen molar-refractivity contribution in [1.82, 2.24) is 4.90 Å². The molecule has 0 unspecified atom stereocenters. The van der Waals surface area contributed by atoms with Crippen molar-refractivity contribution in [2.24, 2.45) is 0 Å². The van der Waals surface area contributed by atoms with Crippen molar-refractivity contribution in [1.29, 1.82) is 0 Å². The van der Waals surface area contributed by atoms with Crippen molar-refractivity contribution in [3.05, 3.63) is 29.3 Å². The van der Waals surface area contributed by atoms with Crippen molar-refractivity contribution >= 4 is 29.3 Å². The molecule has 6 heteroatoms. The number of halogens is 1. The zero-order valence-electron chi connectivity index (χ0n) is 11.8. The van der Waals surface area contributed by atoms with E-state index in [1.54, 1.807) is 24.3 Å². The van der Waals surface area contributed by atoms with Crippen LogP contribution < -0.4 is 5.32 Å². The van der Waals surface area contributed by atoms with E-state index in [2.05, 4.69) is 5.32 Å². The highest BCUT2D eigenvalue weighted by atomic mass is 35.5. The number of carbonyl (C=O) groups excluding carboxylic acids is 1. The number of carboxylic acid groups (broad SMARTS) is 1. The fraction of sp³-hybridized carbons (Fsp3) is 0.429. The molecule has 0 aromatic heterocycles. The smallest absolute Gasteiger partial charge is 0.322 e. The van der Waals surface area contributed by atoms with Gasteiger partial charge in [-0.3, -0.25) is 4.79 Å². The highest BCUT2D eigenvalue weighted by molar-refractivity contribution is 6.30. The Morgan fingerprint density at radius 3 is 2.50 bits per heavy atom. The number of nitrogens with zero attached hydrogens (tertiary/aromatic N) is 1. The molecule has 0 aliphatic heterocycles. The summed E-state index contributed by atoms with van der Waals surface area (Å²) in [7, 11) is 0. The van der Waals surface area contributed by atoms with Gasteiger partial charge < -0.3 is 15.3 Å². The predicted octanol–water partition coefficient (Wildman–Crippen LogP) is 3.45. The topological polar surface area (TPSA) is 69.6 Å². The van der Waals surface area contributed by atoms with Crippen molar-refractivity contribution < 1.29 is 14.7 Å². The van der Waals surface area contributed by atoms with E-state index in [9.17, 15) is 9.59 Å². The zero-order chi connectivity index (χ0) is 15.3. The Hall–Kier alpha value is -1.75. The molecule has 1 rings (SSSR count). The molecular weight excluding hydrogens is 280 g/mol. The van der Waals surface area contributed by atoms with Crippen LogP contribution in [-0.2, 0) is 4.79 Å². The van der Waals surface area contributed by atoms with Gasteiger partial charge in [-0.05, 0) is 39.0 Å². The first-order valence-corrected chi connectivity index (χ1v) is 6.64. The fourth-order valence-electron chi connectivity index (χ4n) is 1.71. The zero-order valence-corrected chi connectivity index (χ0v) is 12.6. The van der Waals surface area contributed by atoms with Gasteiger partial charge in [0.2, 0.25) is 0 Å². The molecule has 0 bridgehead atoms. The molecule has 0 atom stereocenters. The van der Waals surface area contributed by atoms with E-state index >= 15 is 0 Å². The fourth-order valence-corrected chi connectivity index (χ4v) is 1.90. The third-order valence-electron chi connectivity index (χ3n) is 2.68. The number of hydrogen-bond donors (Lipinski definition) is 2. The molecule has 0 saturated carbocycles. The summed E-state index contributed by atoms with van der Waals surface area (Å²) in [6.45, 7) is 5.70. The maximum Gasteiger partial charge on any atom is 0.322 e. The number of urea groups is 1. The molecule has 5 nitrogen and oxygen atoms in total. The minimum absolute atomic E-state index is 0.0970. The first-order chi connectivity index (χ1) is 9.20. The highest BCUT2D eigenvalue weighted by Gasteiger charge is 2.26. The van der Waals surface area contributed by atoms with Crippen LogP contribution in [0.15, 0.2) is 24.3 Å². The lowest BCUT2D eigenvalue weighted by atomic mass is 10.1.